The zero-order valence-corrected chi connectivity index (χ0v) is 10.5. The molecular weight excluding hydrogens is 229 g/mol. The molecule has 0 amide bonds. The van der Waals surface area contributed by atoms with Crippen LogP contribution in [0.2, 0.25) is 0 Å². The van der Waals surface area contributed by atoms with Gasteiger partial charge < -0.3 is 0 Å². The monoisotopic (exact) mass is 245 g/mol. The van der Waals surface area contributed by atoms with Crippen molar-refractivity contribution in [3.05, 3.63) is 35.9 Å². The van der Waals surface area contributed by atoms with Crippen LogP contribution in [0.3, 0.4) is 0 Å². The lowest BCUT2D eigenvalue weighted by atomic mass is 10.2. The highest BCUT2D eigenvalue weighted by Crippen LogP contribution is 2.09. The summed E-state index contributed by atoms with van der Waals surface area (Å²) in [4.78, 5) is 2.30. The second-order valence-corrected chi connectivity index (χ2v) is 4.33. The van der Waals surface area contributed by atoms with Crippen LogP contribution >= 0.6 is 23.2 Å². The first-order valence-electron chi connectivity index (χ1n) is 5.18. The summed E-state index contributed by atoms with van der Waals surface area (Å²) in [6.45, 7) is 3.92. The molecular formula is C12H17Cl2N. The molecule has 0 saturated carbocycles. The third-order valence-electron chi connectivity index (χ3n) is 2.45. The van der Waals surface area contributed by atoms with Crippen molar-refractivity contribution in [2.45, 2.75) is 19.5 Å². The van der Waals surface area contributed by atoms with Gasteiger partial charge in [-0.2, -0.15) is 0 Å². The van der Waals surface area contributed by atoms with Crippen molar-refractivity contribution < 1.29 is 0 Å². The minimum atomic E-state index is 0.366. The van der Waals surface area contributed by atoms with Gasteiger partial charge in [0.1, 0.15) is 0 Å². The fourth-order valence-electron chi connectivity index (χ4n) is 1.48. The summed E-state index contributed by atoms with van der Waals surface area (Å²) in [5.41, 5.74) is 1.31. The Labute approximate surface area is 102 Å². The molecule has 0 fully saturated rings. The summed E-state index contributed by atoms with van der Waals surface area (Å²) >= 11 is 11.6. The van der Waals surface area contributed by atoms with Crippen molar-refractivity contribution >= 4 is 23.2 Å². The van der Waals surface area contributed by atoms with Crippen LogP contribution in [-0.2, 0) is 6.54 Å². The van der Waals surface area contributed by atoms with Crippen molar-refractivity contribution in [3.8, 4) is 0 Å². The van der Waals surface area contributed by atoms with Gasteiger partial charge in [-0.05, 0) is 12.5 Å². The predicted molar refractivity (Wildman–Crippen MR) is 67.8 cm³/mol. The van der Waals surface area contributed by atoms with E-state index in [2.05, 4.69) is 36.1 Å². The number of halogens is 2. The van der Waals surface area contributed by atoms with Gasteiger partial charge in [0.25, 0.3) is 0 Å². The Morgan fingerprint density at radius 1 is 1.20 bits per heavy atom. The van der Waals surface area contributed by atoms with Gasteiger partial charge in [0, 0.05) is 30.9 Å². The first-order valence-corrected chi connectivity index (χ1v) is 6.24. The topological polar surface area (TPSA) is 3.24 Å². The maximum absolute atomic E-state index is 5.86. The van der Waals surface area contributed by atoms with Crippen molar-refractivity contribution in [3.63, 3.8) is 0 Å². The highest BCUT2D eigenvalue weighted by atomic mass is 35.5. The summed E-state index contributed by atoms with van der Waals surface area (Å²) in [5, 5.41) is 0. The third kappa shape index (κ3) is 4.42. The number of benzene rings is 1. The maximum atomic E-state index is 5.86. The summed E-state index contributed by atoms with van der Waals surface area (Å²) in [7, 11) is 0. The lowest BCUT2D eigenvalue weighted by molar-refractivity contribution is 0.229. The van der Waals surface area contributed by atoms with Crippen molar-refractivity contribution in [1.29, 1.82) is 0 Å². The van der Waals surface area contributed by atoms with Gasteiger partial charge in [-0.25, -0.2) is 0 Å². The Balaban J connectivity index is 2.58. The van der Waals surface area contributed by atoms with Crippen molar-refractivity contribution in [1.82, 2.24) is 4.90 Å². The first kappa shape index (κ1) is 12.8. The first-order chi connectivity index (χ1) is 7.27. The zero-order valence-electron chi connectivity index (χ0n) is 9.00. The molecule has 0 aliphatic rings. The molecule has 0 bridgehead atoms. The van der Waals surface area contributed by atoms with Crippen molar-refractivity contribution in [2.24, 2.45) is 0 Å². The fraction of sp³-hybridized carbons (Fsp3) is 0.500. The Morgan fingerprint density at radius 3 is 2.40 bits per heavy atom. The van der Waals surface area contributed by atoms with Crippen LogP contribution in [0.25, 0.3) is 0 Å². The van der Waals surface area contributed by atoms with Crippen LogP contribution in [0, 0.1) is 0 Å². The van der Waals surface area contributed by atoms with E-state index in [9.17, 15) is 0 Å². The Hall–Kier alpha value is -0.240. The molecule has 0 radical (unpaired) electrons. The quantitative estimate of drug-likeness (QED) is 0.696. The zero-order chi connectivity index (χ0) is 11.1. The summed E-state index contributed by atoms with van der Waals surface area (Å²) < 4.78 is 0. The molecule has 0 N–H and O–H groups in total. The Morgan fingerprint density at radius 2 is 1.87 bits per heavy atom. The van der Waals surface area contributed by atoms with Gasteiger partial charge in [-0.1, -0.05) is 30.3 Å². The largest absolute Gasteiger partial charge is 0.294 e. The minimum absolute atomic E-state index is 0.366. The van der Waals surface area contributed by atoms with Crippen molar-refractivity contribution in [2.75, 3.05) is 18.3 Å². The smallest absolute Gasteiger partial charge is 0.0377 e. The van der Waals surface area contributed by atoms with Crippen LogP contribution in [0.4, 0.5) is 0 Å². The molecule has 0 heterocycles. The number of nitrogens with zero attached hydrogens (tertiary/aromatic N) is 1. The normalized spacial score (nSPS) is 13.1. The average Bonchev–Trinajstić information content (AvgIpc) is 2.29. The van der Waals surface area contributed by atoms with Crippen LogP contribution in [0.5, 0.6) is 0 Å². The molecule has 0 aliphatic carbocycles. The second-order valence-electron chi connectivity index (χ2n) is 3.65. The molecule has 0 spiro atoms. The molecule has 0 unspecified atom stereocenters. The second kappa shape index (κ2) is 7.10. The summed E-state index contributed by atoms with van der Waals surface area (Å²) in [6, 6.07) is 10.8. The molecule has 0 aromatic heterocycles. The lowest BCUT2D eigenvalue weighted by Gasteiger charge is -2.26. The standard InChI is InChI=1S/C12H17Cl2N/c1-11(9-14)15(8-7-13)10-12-5-3-2-4-6-12/h2-6,11H,7-10H2,1H3/t11-/m1/s1. The molecule has 1 atom stereocenters. The fourth-order valence-corrected chi connectivity index (χ4v) is 1.89. The Bertz CT molecular complexity index is 264. The SMILES string of the molecule is C[C@H](CCl)N(CCCl)Cc1ccccc1. The number of hydrogen-bond acceptors (Lipinski definition) is 1. The average molecular weight is 246 g/mol. The highest BCUT2D eigenvalue weighted by molar-refractivity contribution is 6.18. The molecule has 0 aliphatic heterocycles. The molecule has 1 aromatic carbocycles. The highest BCUT2D eigenvalue weighted by Gasteiger charge is 2.12. The summed E-state index contributed by atoms with van der Waals surface area (Å²) in [6.07, 6.45) is 0. The van der Waals surface area contributed by atoms with E-state index >= 15 is 0 Å². The van der Waals surface area contributed by atoms with Crippen LogP contribution < -0.4 is 0 Å². The van der Waals surface area contributed by atoms with E-state index in [1.165, 1.54) is 5.56 Å². The molecule has 0 saturated heterocycles. The molecule has 1 aromatic rings. The summed E-state index contributed by atoms with van der Waals surface area (Å²) in [5.74, 6) is 1.29. The maximum Gasteiger partial charge on any atom is 0.0377 e. The molecule has 84 valence electrons. The third-order valence-corrected chi connectivity index (χ3v) is 3.06. The van der Waals surface area contributed by atoms with Gasteiger partial charge >= 0.3 is 0 Å². The van der Waals surface area contributed by atoms with E-state index in [1.54, 1.807) is 0 Å². The molecule has 1 rings (SSSR count). The van der Waals surface area contributed by atoms with E-state index in [-0.39, 0.29) is 0 Å². The lowest BCUT2D eigenvalue weighted by Crippen LogP contribution is -2.35. The van der Waals surface area contributed by atoms with Crippen LogP contribution in [-0.4, -0.2) is 29.2 Å². The van der Waals surface area contributed by atoms with E-state index < -0.39 is 0 Å². The van der Waals surface area contributed by atoms with Gasteiger partial charge in [0.2, 0.25) is 0 Å². The van der Waals surface area contributed by atoms with Crippen LogP contribution in [0.15, 0.2) is 30.3 Å². The number of alkyl halides is 2. The molecule has 3 heteroatoms. The minimum Gasteiger partial charge on any atom is -0.294 e. The van der Waals surface area contributed by atoms with Crippen LogP contribution in [0.1, 0.15) is 12.5 Å². The predicted octanol–water partition coefficient (Wildman–Crippen LogP) is 3.35. The van der Waals surface area contributed by atoms with E-state index in [0.29, 0.717) is 17.8 Å². The van der Waals surface area contributed by atoms with Gasteiger partial charge in [0.05, 0.1) is 0 Å². The molecule has 15 heavy (non-hydrogen) atoms. The van der Waals surface area contributed by atoms with E-state index in [1.807, 2.05) is 6.07 Å². The number of hydrogen-bond donors (Lipinski definition) is 0. The van der Waals surface area contributed by atoms with Gasteiger partial charge in [-0.15, -0.1) is 23.2 Å². The van der Waals surface area contributed by atoms with Gasteiger partial charge in [-0.3, -0.25) is 4.90 Å². The molecule has 1 nitrogen and oxygen atoms in total. The van der Waals surface area contributed by atoms with Gasteiger partial charge in [0.15, 0.2) is 0 Å². The van der Waals surface area contributed by atoms with E-state index in [0.717, 1.165) is 13.1 Å². The van der Waals surface area contributed by atoms with E-state index in [4.69, 9.17) is 23.2 Å². The Kier molecular flexibility index (Phi) is 6.07. The number of rotatable bonds is 6.